The molecule has 2 aromatic heterocycles. The summed E-state index contributed by atoms with van der Waals surface area (Å²) in [7, 11) is 0. The van der Waals surface area contributed by atoms with Crippen LogP contribution >= 0.6 is 0 Å². The summed E-state index contributed by atoms with van der Waals surface area (Å²) in [6.07, 6.45) is 3.51. The second-order valence-electron chi connectivity index (χ2n) is 8.07. The van der Waals surface area contributed by atoms with Crippen LogP contribution in [0, 0.1) is 19.7 Å². The van der Waals surface area contributed by atoms with E-state index in [1.165, 1.54) is 24.3 Å². The van der Waals surface area contributed by atoms with Gasteiger partial charge in [-0.2, -0.15) is 0 Å². The van der Waals surface area contributed by atoms with Crippen LogP contribution in [0.4, 0.5) is 10.1 Å². The number of hydrogen-bond donors (Lipinski definition) is 1. The fourth-order valence-electron chi connectivity index (χ4n) is 3.96. The number of halogens is 1. The van der Waals surface area contributed by atoms with Crippen LogP contribution in [0.15, 0.2) is 47.1 Å². The second-order valence-corrected chi connectivity index (χ2v) is 8.07. The monoisotopic (exact) mass is 436 g/mol. The van der Waals surface area contributed by atoms with E-state index in [-0.39, 0.29) is 23.5 Å². The predicted molar refractivity (Wildman–Crippen MR) is 117 cm³/mol. The lowest BCUT2D eigenvalue weighted by atomic mass is 9.92. The number of pyridine rings is 1. The van der Waals surface area contributed by atoms with Gasteiger partial charge in [0.1, 0.15) is 11.6 Å². The minimum atomic E-state index is -0.356. The van der Waals surface area contributed by atoms with Gasteiger partial charge in [0.25, 0.3) is 5.91 Å². The Labute approximate surface area is 185 Å². The van der Waals surface area contributed by atoms with Crippen LogP contribution in [-0.2, 0) is 11.2 Å². The SMILES string of the molecule is Cc1noc(C)c1CC(=O)N1CCC(c2ccc(C(=O)Nc3ccc(F)cc3)cn2)CC1. The van der Waals surface area contributed by atoms with Crippen molar-refractivity contribution < 1.29 is 18.5 Å². The van der Waals surface area contributed by atoms with E-state index in [1.807, 2.05) is 24.8 Å². The van der Waals surface area contributed by atoms with Gasteiger partial charge < -0.3 is 14.7 Å². The topological polar surface area (TPSA) is 88.3 Å². The van der Waals surface area contributed by atoms with Crippen molar-refractivity contribution >= 4 is 17.5 Å². The molecule has 0 radical (unpaired) electrons. The number of likely N-dealkylation sites (tertiary alicyclic amines) is 1. The molecule has 1 aromatic carbocycles. The number of piperidine rings is 1. The average Bonchev–Trinajstić information content (AvgIpc) is 3.13. The maximum Gasteiger partial charge on any atom is 0.257 e. The van der Waals surface area contributed by atoms with Gasteiger partial charge in [-0.25, -0.2) is 4.39 Å². The van der Waals surface area contributed by atoms with E-state index in [1.54, 1.807) is 12.3 Å². The number of carbonyl (C=O) groups excluding carboxylic acids is 2. The molecule has 3 aromatic rings. The molecule has 0 unspecified atom stereocenters. The molecule has 166 valence electrons. The highest BCUT2D eigenvalue weighted by Gasteiger charge is 2.26. The van der Waals surface area contributed by atoms with Crippen molar-refractivity contribution in [2.45, 2.75) is 39.0 Å². The minimum absolute atomic E-state index is 0.0821. The van der Waals surface area contributed by atoms with Gasteiger partial charge in [0, 0.05) is 42.1 Å². The first-order chi connectivity index (χ1) is 15.4. The maximum absolute atomic E-state index is 13.0. The van der Waals surface area contributed by atoms with E-state index in [2.05, 4.69) is 15.5 Å². The molecular formula is C24H25FN4O3. The van der Waals surface area contributed by atoms with Gasteiger partial charge in [0.05, 0.1) is 17.7 Å². The number of rotatable bonds is 5. The molecule has 1 aliphatic heterocycles. The molecule has 0 bridgehead atoms. The van der Waals surface area contributed by atoms with Gasteiger partial charge in [-0.1, -0.05) is 5.16 Å². The number of hydrogen-bond acceptors (Lipinski definition) is 5. The van der Waals surface area contributed by atoms with E-state index in [9.17, 15) is 14.0 Å². The van der Waals surface area contributed by atoms with E-state index < -0.39 is 0 Å². The third kappa shape index (κ3) is 4.85. The lowest BCUT2D eigenvalue weighted by molar-refractivity contribution is -0.131. The van der Waals surface area contributed by atoms with Crippen LogP contribution in [0.1, 0.15) is 51.8 Å². The molecule has 1 N–H and O–H groups in total. The summed E-state index contributed by atoms with van der Waals surface area (Å²) < 4.78 is 18.2. The van der Waals surface area contributed by atoms with Crippen LogP contribution in [0.2, 0.25) is 0 Å². The first kappa shape index (κ1) is 21.7. The van der Waals surface area contributed by atoms with E-state index in [0.717, 1.165) is 29.8 Å². The summed E-state index contributed by atoms with van der Waals surface area (Å²) in [4.78, 5) is 31.4. The number of nitrogens with zero attached hydrogens (tertiary/aromatic N) is 3. The predicted octanol–water partition coefficient (Wildman–Crippen LogP) is 4.03. The number of carbonyl (C=O) groups is 2. The Balaban J connectivity index is 1.31. The van der Waals surface area contributed by atoms with Crippen molar-refractivity contribution in [2.75, 3.05) is 18.4 Å². The first-order valence-corrected chi connectivity index (χ1v) is 10.6. The molecule has 8 heteroatoms. The Kier molecular flexibility index (Phi) is 6.30. The summed E-state index contributed by atoms with van der Waals surface area (Å²) in [6.45, 7) is 5.01. The Hall–Kier alpha value is -3.55. The van der Waals surface area contributed by atoms with Gasteiger partial charge in [0.2, 0.25) is 5.91 Å². The Bertz CT molecular complexity index is 1080. The number of aromatic nitrogens is 2. The molecule has 0 saturated carbocycles. The fourth-order valence-corrected chi connectivity index (χ4v) is 3.96. The minimum Gasteiger partial charge on any atom is -0.361 e. The molecule has 0 aliphatic carbocycles. The maximum atomic E-state index is 13.0. The summed E-state index contributed by atoms with van der Waals surface area (Å²) in [6, 6.07) is 9.22. The third-order valence-electron chi connectivity index (χ3n) is 5.93. The first-order valence-electron chi connectivity index (χ1n) is 10.6. The fraction of sp³-hybridized carbons (Fsp3) is 0.333. The molecule has 1 fully saturated rings. The van der Waals surface area contributed by atoms with Crippen molar-refractivity contribution in [3.8, 4) is 0 Å². The Morgan fingerprint density at radius 1 is 1.12 bits per heavy atom. The number of anilines is 1. The van der Waals surface area contributed by atoms with Crippen molar-refractivity contribution in [1.29, 1.82) is 0 Å². The summed E-state index contributed by atoms with van der Waals surface area (Å²) in [5.74, 6) is 0.366. The number of benzene rings is 1. The van der Waals surface area contributed by atoms with Crippen molar-refractivity contribution in [3.05, 3.63) is 76.7 Å². The number of nitrogens with one attached hydrogen (secondary N) is 1. The zero-order valence-corrected chi connectivity index (χ0v) is 18.1. The van der Waals surface area contributed by atoms with Crippen LogP contribution in [0.25, 0.3) is 0 Å². The van der Waals surface area contributed by atoms with Crippen molar-refractivity contribution in [2.24, 2.45) is 0 Å². The largest absolute Gasteiger partial charge is 0.361 e. The highest BCUT2D eigenvalue weighted by atomic mass is 19.1. The van der Waals surface area contributed by atoms with Crippen molar-refractivity contribution in [3.63, 3.8) is 0 Å². The van der Waals surface area contributed by atoms with Crippen LogP contribution in [-0.4, -0.2) is 39.9 Å². The molecule has 32 heavy (non-hydrogen) atoms. The standard InChI is InChI=1S/C24H25FN4O3/c1-15-21(16(2)32-28-15)13-23(30)29-11-9-17(10-12-29)22-8-3-18(14-26-22)24(31)27-20-6-4-19(25)5-7-20/h3-8,14,17H,9-13H2,1-2H3,(H,27,31). The van der Waals surface area contributed by atoms with E-state index in [0.29, 0.717) is 36.5 Å². The molecule has 1 aliphatic rings. The quantitative estimate of drug-likeness (QED) is 0.653. The van der Waals surface area contributed by atoms with Crippen LogP contribution < -0.4 is 5.32 Å². The summed E-state index contributed by atoms with van der Waals surface area (Å²) in [5.41, 5.74) is 3.51. The van der Waals surface area contributed by atoms with Gasteiger partial charge in [-0.3, -0.25) is 14.6 Å². The normalized spacial score (nSPS) is 14.4. The highest BCUT2D eigenvalue weighted by Crippen LogP contribution is 2.27. The number of aryl methyl sites for hydroxylation is 2. The Morgan fingerprint density at radius 3 is 2.44 bits per heavy atom. The average molecular weight is 436 g/mol. The van der Waals surface area contributed by atoms with Crippen molar-refractivity contribution in [1.82, 2.24) is 15.0 Å². The van der Waals surface area contributed by atoms with Gasteiger partial charge in [-0.05, 0) is 63.1 Å². The second kappa shape index (κ2) is 9.30. The van der Waals surface area contributed by atoms with E-state index in [4.69, 9.17) is 4.52 Å². The van der Waals surface area contributed by atoms with Gasteiger partial charge in [0.15, 0.2) is 0 Å². The molecule has 1 saturated heterocycles. The molecule has 3 heterocycles. The third-order valence-corrected chi connectivity index (χ3v) is 5.93. The summed E-state index contributed by atoms with van der Waals surface area (Å²) >= 11 is 0. The lowest BCUT2D eigenvalue weighted by Gasteiger charge is -2.32. The number of amides is 2. The zero-order chi connectivity index (χ0) is 22.7. The smallest absolute Gasteiger partial charge is 0.257 e. The summed E-state index contributed by atoms with van der Waals surface area (Å²) in [5, 5.41) is 6.64. The lowest BCUT2D eigenvalue weighted by Crippen LogP contribution is -2.39. The van der Waals surface area contributed by atoms with E-state index >= 15 is 0 Å². The molecule has 2 amide bonds. The molecule has 4 rings (SSSR count). The molecular weight excluding hydrogens is 411 g/mol. The van der Waals surface area contributed by atoms with Gasteiger partial charge in [-0.15, -0.1) is 0 Å². The molecule has 7 nitrogen and oxygen atoms in total. The van der Waals surface area contributed by atoms with Gasteiger partial charge >= 0.3 is 0 Å². The van der Waals surface area contributed by atoms with Crippen LogP contribution in [0.5, 0.6) is 0 Å². The molecule has 0 spiro atoms. The zero-order valence-electron chi connectivity index (χ0n) is 18.1. The molecule has 0 atom stereocenters. The van der Waals surface area contributed by atoms with Crippen LogP contribution in [0.3, 0.4) is 0 Å². The Morgan fingerprint density at radius 2 is 1.84 bits per heavy atom. The highest BCUT2D eigenvalue weighted by molar-refractivity contribution is 6.04.